The van der Waals surface area contributed by atoms with Crippen LogP contribution in [0, 0.1) is 0 Å². The summed E-state index contributed by atoms with van der Waals surface area (Å²) in [6.07, 6.45) is 0. The van der Waals surface area contributed by atoms with Gasteiger partial charge in [-0.15, -0.1) is 0 Å². The molecule has 0 saturated heterocycles. The predicted molar refractivity (Wildman–Crippen MR) is 84.6 cm³/mol. The van der Waals surface area contributed by atoms with Gasteiger partial charge < -0.3 is 11.1 Å². The Labute approximate surface area is 123 Å². The highest BCUT2D eigenvalue weighted by Gasteiger charge is 2.14. The van der Waals surface area contributed by atoms with Crippen molar-refractivity contribution in [3.63, 3.8) is 0 Å². The molecular formula is C16H18N4O. The number of rotatable bonds is 2. The van der Waals surface area contributed by atoms with E-state index in [4.69, 9.17) is 10.4 Å². The van der Waals surface area contributed by atoms with Crippen molar-refractivity contribution in [1.29, 1.82) is 0 Å². The molecule has 0 aliphatic rings. The Bertz CT molecular complexity index is 769. The van der Waals surface area contributed by atoms with E-state index in [0.717, 1.165) is 11.4 Å². The maximum Gasteiger partial charge on any atom is 0.160 e. The second-order valence-corrected chi connectivity index (χ2v) is 6.12. The van der Waals surface area contributed by atoms with Gasteiger partial charge in [-0.1, -0.05) is 32.9 Å². The summed E-state index contributed by atoms with van der Waals surface area (Å²) in [4.78, 5) is 0. The lowest BCUT2D eigenvalue weighted by molar-refractivity contribution is 0.316. The average molecular weight is 282 g/mol. The Kier molecular flexibility index (Phi) is 3.05. The minimum Gasteiger partial charge on any atom is -0.397 e. The highest BCUT2D eigenvalue weighted by atomic mass is 16.6. The third-order valence-electron chi connectivity index (χ3n) is 3.48. The highest BCUT2D eigenvalue weighted by molar-refractivity contribution is 5.96. The topological polar surface area (TPSA) is 77.0 Å². The fourth-order valence-electron chi connectivity index (χ4n) is 2.20. The molecule has 0 bridgehead atoms. The maximum atomic E-state index is 5.84. The lowest BCUT2D eigenvalue weighted by atomic mass is 9.87. The number of fused-ring (bicyclic) bond motifs is 1. The third kappa shape index (κ3) is 2.54. The Morgan fingerprint density at radius 2 is 1.62 bits per heavy atom. The SMILES string of the molecule is CC(C)(C)c1ccc(Nc2ccc(N)c3nonc23)cc1. The summed E-state index contributed by atoms with van der Waals surface area (Å²) >= 11 is 0. The molecule has 0 atom stereocenters. The second kappa shape index (κ2) is 4.77. The van der Waals surface area contributed by atoms with Crippen molar-refractivity contribution in [2.45, 2.75) is 26.2 Å². The fraction of sp³-hybridized carbons (Fsp3) is 0.250. The molecule has 3 rings (SSSR count). The quantitative estimate of drug-likeness (QED) is 0.698. The van der Waals surface area contributed by atoms with E-state index in [2.05, 4.69) is 60.7 Å². The van der Waals surface area contributed by atoms with Gasteiger partial charge in [0.05, 0.1) is 11.4 Å². The molecule has 0 unspecified atom stereocenters. The molecule has 5 heteroatoms. The number of nitrogens with zero attached hydrogens (tertiary/aromatic N) is 2. The van der Waals surface area contributed by atoms with Crippen LogP contribution >= 0.6 is 0 Å². The molecule has 108 valence electrons. The van der Waals surface area contributed by atoms with Gasteiger partial charge in [-0.05, 0) is 45.6 Å². The van der Waals surface area contributed by atoms with Gasteiger partial charge in [0.25, 0.3) is 0 Å². The van der Waals surface area contributed by atoms with Crippen LogP contribution in [0.4, 0.5) is 17.1 Å². The molecule has 5 nitrogen and oxygen atoms in total. The molecule has 0 saturated carbocycles. The first-order valence-electron chi connectivity index (χ1n) is 6.83. The second-order valence-electron chi connectivity index (χ2n) is 6.12. The number of benzene rings is 2. The predicted octanol–water partition coefficient (Wildman–Crippen LogP) is 3.85. The maximum absolute atomic E-state index is 5.84. The van der Waals surface area contributed by atoms with Crippen molar-refractivity contribution >= 4 is 28.1 Å². The van der Waals surface area contributed by atoms with Crippen LogP contribution in [0.25, 0.3) is 11.0 Å². The molecule has 1 aromatic heterocycles. The molecule has 0 aliphatic carbocycles. The average Bonchev–Trinajstić information content (AvgIpc) is 2.92. The Balaban J connectivity index is 1.92. The first kappa shape index (κ1) is 13.4. The standard InChI is InChI=1S/C16H18N4O/c1-16(2,3)10-4-6-11(7-5-10)18-13-9-8-12(17)14-15(13)20-21-19-14/h4-9,18H,17H2,1-3H3. The number of hydrogen-bond donors (Lipinski definition) is 2. The van der Waals surface area contributed by atoms with E-state index in [-0.39, 0.29) is 5.41 Å². The zero-order chi connectivity index (χ0) is 15.0. The minimum atomic E-state index is 0.142. The van der Waals surface area contributed by atoms with Crippen LogP contribution in [-0.2, 0) is 5.41 Å². The van der Waals surface area contributed by atoms with Crippen molar-refractivity contribution in [2.75, 3.05) is 11.1 Å². The number of hydrogen-bond acceptors (Lipinski definition) is 5. The number of anilines is 3. The monoisotopic (exact) mass is 282 g/mol. The van der Waals surface area contributed by atoms with Gasteiger partial charge in [0.1, 0.15) is 0 Å². The molecule has 0 spiro atoms. The Morgan fingerprint density at radius 3 is 2.29 bits per heavy atom. The van der Waals surface area contributed by atoms with Gasteiger partial charge in [0.2, 0.25) is 0 Å². The Morgan fingerprint density at radius 1 is 0.952 bits per heavy atom. The summed E-state index contributed by atoms with van der Waals surface area (Å²) in [7, 11) is 0. The molecule has 21 heavy (non-hydrogen) atoms. The van der Waals surface area contributed by atoms with Gasteiger partial charge in [0.15, 0.2) is 11.0 Å². The molecule has 0 fully saturated rings. The Hall–Kier alpha value is -2.56. The molecule has 0 radical (unpaired) electrons. The lowest BCUT2D eigenvalue weighted by Gasteiger charge is -2.19. The summed E-state index contributed by atoms with van der Waals surface area (Å²) in [5, 5.41) is 11.0. The molecule has 3 aromatic rings. The fourth-order valence-corrected chi connectivity index (χ4v) is 2.20. The van der Waals surface area contributed by atoms with Gasteiger partial charge in [0, 0.05) is 5.69 Å². The number of nitrogen functional groups attached to an aromatic ring is 1. The van der Waals surface area contributed by atoms with E-state index in [0.29, 0.717) is 16.7 Å². The van der Waals surface area contributed by atoms with Crippen LogP contribution < -0.4 is 11.1 Å². The normalized spacial score (nSPS) is 11.8. The van der Waals surface area contributed by atoms with Gasteiger partial charge in [-0.25, -0.2) is 4.63 Å². The minimum absolute atomic E-state index is 0.142. The first-order chi connectivity index (χ1) is 9.95. The number of nitrogens with two attached hydrogens (primary N) is 1. The summed E-state index contributed by atoms with van der Waals surface area (Å²) in [5.74, 6) is 0. The molecular weight excluding hydrogens is 264 g/mol. The lowest BCUT2D eigenvalue weighted by Crippen LogP contribution is -2.10. The van der Waals surface area contributed by atoms with E-state index in [1.807, 2.05) is 6.07 Å². The van der Waals surface area contributed by atoms with E-state index in [1.54, 1.807) is 6.07 Å². The van der Waals surface area contributed by atoms with Crippen molar-refractivity contribution in [3.8, 4) is 0 Å². The highest BCUT2D eigenvalue weighted by Crippen LogP contribution is 2.29. The van der Waals surface area contributed by atoms with Crippen LogP contribution in [0.1, 0.15) is 26.3 Å². The summed E-state index contributed by atoms with van der Waals surface area (Å²) < 4.78 is 4.77. The van der Waals surface area contributed by atoms with E-state index in [1.165, 1.54) is 5.56 Å². The molecule has 1 heterocycles. The number of nitrogens with one attached hydrogen (secondary N) is 1. The van der Waals surface area contributed by atoms with E-state index >= 15 is 0 Å². The van der Waals surface area contributed by atoms with E-state index < -0.39 is 0 Å². The summed E-state index contributed by atoms with van der Waals surface area (Å²) in [6, 6.07) is 12.0. The van der Waals surface area contributed by atoms with Gasteiger partial charge in [-0.3, -0.25) is 0 Å². The summed E-state index contributed by atoms with van der Waals surface area (Å²) in [5.41, 5.74) is 10.8. The largest absolute Gasteiger partial charge is 0.397 e. The smallest absolute Gasteiger partial charge is 0.160 e. The molecule has 3 N–H and O–H groups in total. The zero-order valence-electron chi connectivity index (χ0n) is 12.3. The molecule has 0 amide bonds. The first-order valence-corrected chi connectivity index (χ1v) is 6.83. The van der Waals surface area contributed by atoms with Crippen molar-refractivity contribution < 1.29 is 4.63 Å². The van der Waals surface area contributed by atoms with Gasteiger partial charge in [-0.2, -0.15) is 0 Å². The van der Waals surface area contributed by atoms with Crippen LogP contribution in [0.2, 0.25) is 0 Å². The number of aromatic nitrogens is 2. The van der Waals surface area contributed by atoms with E-state index in [9.17, 15) is 0 Å². The van der Waals surface area contributed by atoms with Gasteiger partial charge >= 0.3 is 0 Å². The van der Waals surface area contributed by atoms with Crippen LogP contribution in [0.15, 0.2) is 41.0 Å². The summed E-state index contributed by atoms with van der Waals surface area (Å²) in [6.45, 7) is 6.58. The molecule has 2 aromatic carbocycles. The third-order valence-corrected chi connectivity index (χ3v) is 3.48. The van der Waals surface area contributed by atoms with Crippen molar-refractivity contribution in [1.82, 2.24) is 10.3 Å². The zero-order valence-corrected chi connectivity index (χ0v) is 12.3. The van der Waals surface area contributed by atoms with Crippen LogP contribution in [0.5, 0.6) is 0 Å². The van der Waals surface area contributed by atoms with Crippen LogP contribution in [-0.4, -0.2) is 10.3 Å². The molecule has 0 aliphatic heterocycles. The van der Waals surface area contributed by atoms with Crippen molar-refractivity contribution in [2.24, 2.45) is 0 Å². The van der Waals surface area contributed by atoms with Crippen LogP contribution in [0.3, 0.4) is 0 Å². The van der Waals surface area contributed by atoms with Crippen molar-refractivity contribution in [3.05, 3.63) is 42.0 Å².